The van der Waals surface area contributed by atoms with E-state index in [4.69, 9.17) is 28.4 Å². The van der Waals surface area contributed by atoms with Gasteiger partial charge in [0.15, 0.2) is 17.4 Å². The summed E-state index contributed by atoms with van der Waals surface area (Å²) in [7, 11) is -3.66. The quantitative estimate of drug-likeness (QED) is 0.105. The zero-order valence-corrected chi connectivity index (χ0v) is 55.5. The van der Waals surface area contributed by atoms with E-state index in [0.717, 1.165) is 16.7 Å². The highest BCUT2D eigenvalue weighted by molar-refractivity contribution is 9.08. The van der Waals surface area contributed by atoms with Crippen LogP contribution >= 0.6 is 15.9 Å². The number of nitriles is 4. The van der Waals surface area contributed by atoms with Crippen LogP contribution in [0.4, 0.5) is 17.6 Å². The normalized spacial score (nSPS) is 26.1. The molecule has 8 fully saturated rings. The number of hydrogen-bond acceptors (Lipinski definition) is 13. The fourth-order valence-electron chi connectivity index (χ4n) is 14.6. The van der Waals surface area contributed by atoms with E-state index >= 15 is 4.39 Å². The van der Waals surface area contributed by atoms with Gasteiger partial charge < -0.3 is 28.4 Å². The second-order valence-electron chi connectivity index (χ2n) is 26.2. The summed E-state index contributed by atoms with van der Waals surface area (Å²) in [5, 5.41) is 38.6. The monoisotopic (exact) mass is 1360 g/mol. The summed E-state index contributed by atoms with van der Waals surface area (Å²) in [6.07, 6.45) is 10.6. The molecule has 4 aliphatic carbocycles. The van der Waals surface area contributed by atoms with Crippen molar-refractivity contribution in [3.63, 3.8) is 0 Å². The highest BCUT2D eigenvalue weighted by atomic mass is 79.9. The third-order valence-electron chi connectivity index (χ3n) is 20.9. The van der Waals surface area contributed by atoms with Crippen molar-refractivity contribution in [3.05, 3.63) is 176 Å². The Hall–Kier alpha value is -6.40. The standard InChI is InChI=1S/C27H31FN2O4S.C16H17BrFNO2.C16H18FNO2.C14H14FNO/c1-20-7-10-25(21-5-3-2-4-6-21)35(31,32)30(20)18-22-8-9-23(17-24(22)28)26(19-29)11-13-27(14-12-26)33-15-16-34-27;17-10-12-1-2-13(9-14(12)18)15(11-19)3-5-16(6-4-15)20-7-8-21-16;1-12-2-3-13(10-14(12)17)15(11-18)4-6-16(7-5-15)19-8-9-20-16;1-10-2-3-11(8-13(10)15)14(9-16)6-4-12(17)5-7-14/h2-6,8-9,17,20,25H,7,10-16,18H2,1H3;1-2,9H,3-8,10H2;2-3,10H,4-9H2,1H3;2-3,8H,4-7H2,1H3/t20-,25+;;;/m0.../s1. The number of nitrogens with zero attached hydrogens (tertiary/aromatic N) is 5. The van der Waals surface area contributed by atoms with Gasteiger partial charge in [0.2, 0.25) is 10.0 Å². The van der Waals surface area contributed by atoms with Crippen LogP contribution in [0.5, 0.6) is 0 Å². The largest absolute Gasteiger partial charge is 0.348 e. The summed E-state index contributed by atoms with van der Waals surface area (Å²) in [6, 6.07) is 38.6. The average Bonchev–Trinajstić information content (AvgIpc) is 1.82. The minimum Gasteiger partial charge on any atom is -0.348 e. The number of rotatable bonds is 8. The minimum absolute atomic E-state index is 0.0245. The number of Topliss-reactive ketones (excluding diaryl/α,β-unsaturated/α-hetero) is 1. The number of alkyl halides is 1. The maximum absolute atomic E-state index is 15.4. The first-order valence-corrected chi connectivity index (χ1v) is 34.9. The molecule has 4 aliphatic heterocycles. The number of halogens is 5. The van der Waals surface area contributed by atoms with Gasteiger partial charge in [0.25, 0.3) is 0 Å². The molecule has 5 aromatic rings. The number of ether oxygens (including phenoxy) is 6. The van der Waals surface area contributed by atoms with Gasteiger partial charge in [-0.05, 0) is 154 Å². The minimum atomic E-state index is -3.66. The Labute approximate surface area is 552 Å². The Bertz CT molecular complexity index is 3770. The van der Waals surface area contributed by atoms with E-state index in [1.807, 2.05) is 49.4 Å². The summed E-state index contributed by atoms with van der Waals surface area (Å²) < 4.78 is 120. The van der Waals surface area contributed by atoms with Crippen molar-refractivity contribution in [2.75, 3.05) is 39.6 Å². The van der Waals surface area contributed by atoms with Crippen LogP contribution in [0.3, 0.4) is 0 Å². The Morgan fingerprint density at radius 1 is 0.484 bits per heavy atom. The number of benzene rings is 5. The van der Waals surface area contributed by atoms with E-state index in [0.29, 0.717) is 194 Å². The van der Waals surface area contributed by atoms with E-state index < -0.39 is 60.1 Å². The van der Waals surface area contributed by atoms with E-state index in [9.17, 15) is 47.4 Å². The molecule has 492 valence electrons. The fourth-order valence-corrected chi connectivity index (χ4v) is 17.2. The molecule has 5 aromatic carbocycles. The number of hydrogen-bond donors (Lipinski definition) is 0. The van der Waals surface area contributed by atoms with E-state index in [-0.39, 0.29) is 35.8 Å². The Kier molecular flexibility index (Phi) is 21.6. The van der Waals surface area contributed by atoms with Crippen LogP contribution in [0.2, 0.25) is 0 Å². The van der Waals surface area contributed by atoms with Gasteiger partial charge in [-0.25, -0.2) is 26.0 Å². The second kappa shape index (κ2) is 28.9. The Morgan fingerprint density at radius 3 is 1.17 bits per heavy atom. The lowest BCUT2D eigenvalue weighted by Gasteiger charge is -2.40. The molecule has 4 heterocycles. The van der Waals surface area contributed by atoms with E-state index in [1.165, 1.54) is 28.6 Å². The first-order chi connectivity index (χ1) is 44.6. The third kappa shape index (κ3) is 14.7. The van der Waals surface area contributed by atoms with E-state index in [2.05, 4.69) is 40.2 Å². The molecular formula is C73H80BrF4N5O9S. The molecule has 0 amide bonds. The number of ketones is 1. The number of sulfonamides is 1. The Morgan fingerprint density at radius 2 is 0.828 bits per heavy atom. The van der Waals surface area contributed by atoms with Gasteiger partial charge in [0.1, 0.15) is 34.3 Å². The first-order valence-electron chi connectivity index (χ1n) is 32.3. The van der Waals surface area contributed by atoms with Gasteiger partial charge in [-0.1, -0.05) is 94.8 Å². The molecule has 0 aromatic heterocycles. The van der Waals surface area contributed by atoms with Crippen LogP contribution < -0.4 is 0 Å². The molecule has 0 unspecified atom stereocenters. The molecule has 14 nitrogen and oxygen atoms in total. The predicted octanol–water partition coefficient (Wildman–Crippen LogP) is 15.0. The highest BCUT2D eigenvalue weighted by Gasteiger charge is 2.51. The number of carbonyl (C=O) groups excluding carboxylic acids is 1. The molecule has 0 radical (unpaired) electrons. The lowest BCUT2D eigenvalue weighted by molar-refractivity contribution is -0.182. The summed E-state index contributed by atoms with van der Waals surface area (Å²) in [6.45, 7) is 8.89. The van der Waals surface area contributed by atoms with Crippen LogP contribution in [0, 0.1) is 82.4 Å². The lowest BCUT2D eigenvalue weighted by atomic mass is 9.68. The molecule has 0 bridgehead atoms. The van der Waals surface area contributed by atoms with Crippen molar-refractivity contribution < 1.29 is 59.2 Å². The molecule has 4 saturated heterocycles. The SMILES string of the molecule is C[C@H]1CC[C@H](c2ccccc2)S(=O)(=O)N1Cc1ccc(C2(C#N)CCC3(CC2)OCCO3)cc1F.Cc1ccc(C2(C#N)CCC(=O)CC2)cc1F.Cc1ccc(C2(C#N)CCC3(CC2)OCCO3)cc1F.N#CC1(c2ccc(CBr)c(F)c2)CCC2(CC1)OCCO2. The molecule has 8 aliphatic rings. The summed E-state index contributed by atoms with van der Waals surface area (Å²) in [5.41, 5.74) is 3.03. The topological polar surface area (TPSA) is 205 Å². The molecule has 3 spiro atoms. The fraction of sp³-hybridized carbons (Fsp3) is 0.521. The van der Waals surface area contributed by atoms with Crippen molar-refractivity contribution in [2.45, 2.75) is 199 Å². The molecule has 93 heavy (non-hydrogen) atoms. The summed E-state index contributed by atoms with van der Waals surface area (Å²) in [5.74, 6) is -2.67. The first kappa shape index (κ1) is 69.4. The molecule has 20 heteroatoms. The number of carbonyl (C=O) groups is 1. The van der Waals surface area contributed by atoms with Gasteiger partial charge in [0, 0.05) is 74.8 Å². The predicted molar refractivity (Wildman–Crippen MR) is 342 cm³/mol. The summed E-state index contributed by atoms with van der Waals surface area (Å²) >= 11 is 3.26. The van der Waals surface area contributed by atoms with Gasteiger partial charge >= 0.3 is 0 Å². The second-order valence-corrected chi connectivity index (χ2v) is 28.9. The van der Waals surface area contributed by atoms with Crippen LogP contribution in [0.25, 0.3) is 0 Å². The van der Waals surface area contributed by atoms with Crippen LogP contribution in [-0.2, 0) is 76.8 Å². The summed E-state index contributed by atoms with van der Waals surface area (Å²) in [4.78, 5) is 11.2. The van der Waals surface area contributed by atoms with Gasteiger partial charge in [0.05, 0.1) is 85.6 Å². The zero-order valence-electron chi connectivity index (χ0n) is 53.1. The van der Waals surface area contributed by atoms with Crippen molar-refractivity contribution in [1.29, 1.82) is 21.0 Å². The molecule has 2 atom stereocenters. The van der Waals surface area contributed by atoms with Gasteiger partial charge in [-0.2, -0.15) is 25.4 Å². The van der Waals surface area contributed by atoms with Gasteiger partial charge in [-0.3, -0.25) is 4.79 Å². The zero-order chi connectivity index (χ0) is 66.3. The van der Waals surface area contributed by atoms with Crippen molar-refractivity contribution in [1.82, 2.24) is 4.31 Å². The highest BCUT2D eigenvalue weighted by Crippen LogP contribution is 2.50. The van der Waals surface area contributed by atoms with Gasteiger partial charge in [-0.15, -0.1) is 0 Å². The van der Waals surface area contributed by atoms with Crippen LogP contribution in [0.15, 0.2) is 103 Å². The number of aryl methyl sites for hydroxylation is 2. The van der Waals surface area contributed by atoms with Crippen molar-refractivity contribution >= 4 is 31.7 Å². The third-order valence-corrected chi connectivity index (χ3v) is 23.9. The van der Waals surface area contributed by atoms with E-state index in [1.54, 1.807) is 50.2 Å². The van der Waals surface area contributed by atoms with Crippen molar-refractivity contribution in [2.24, 2.45) is 0 Å². The lowest BCUT2D eigenvalue weighted by Crippen LogP contribution is -2.45. The maximum atomic E-state index is 15.4. The molecular weight excluding hydrogens is 1280 g/mol. The Balaban J connectivity index is 0.000000142. The maximum Gasteiger partial charge on any atom is 0.221 e. The molecule has 4 saturated carbocycles. The van der Waals surface area contributed by atoms with Crippen LogP contribution in [0.1, 0.15) is 178 Å². The van der Waals surface area contributed by atoms with Crippen molar-refractivity contribution in [3.8, 4) is 24.3 Å². The smallest absolute Gasteiger partial charge is 0.221 e. The van der Waals surface area contributed by atoms with Crippen LogP contribution in [-0.4, -0.2) is 81.6 Å². The molecule has 13 rings (SSSR count). The average molecular weight is 1360 g/mol. The molecule has 0 N–H and O–H groups in total.